The minimum absolute atomic E-state index is 0.442. The number of hydrogen-bond acceptors (Lipinski definition) is 2. The largest absolute Gasteiger partial charge is 0.387 e. The number of likely N-dealkylation sites (N-methyl/N-ethyl adjacent to an activating group) is 1. The van der Waals surface area contributed by atoms with Gasteiger partial charge in [0.25, 0.3) is 0 Å². The van der Waals surface area contributed by atoms with Crippen LogP contribution < -0.4 is 0 Å². The highest BCUT2D eigenvalue weighted by atomic mass is 35.5. The van der Waals surface area contributed by atoms with Gasteiger partial charge in [-0.2, -0.15) is 0 Å². The lowest BCUT2D eigenvalue weighted by Crippen LogP contribution is -2.26. The zero-order valence-electron chi connectivity index (χ0n) is 9.56. The summed E-state index contributed by atoms with van der Waals surface area (Å²) < 4.78 is 0. The smallest absolute Gasteiger partial charge is 0.0917 e. The van der Waals surface area contributed by atoms with Crippen molar-refractivity contribution in [3.8, 4) is 0 Å². The predicted molar refractivity (Wildman–Crippen MR) is 66.6 cm³/mol. The zero-order chi connectivity index (χ0) is 11.5. The fraction of sp³-hybridized carbons (Fsp3) is 0.538. The summed E-state index contributed by atoms with van der Waals surface area (Å²) in [5.41, 5.74) is 0.898. The quantitative estimate of drug-likeness (QED) is 0.854. The Bertz CT molecular complexity index is 352. The van der Waals surface area contributed by atoms with Crippen LogP contribution in [-0.2, 0) is 0 Å². The monoisotopic (exact) mass is 239 g/mol. The minimum atomic E-state index is -0.442. The van der Waals surface area contributed by atoms with Crippen LogP contribution in [0.25, 0.3) is 0 Å². The van der Waals surface area contributed by atoms with Crippen LogP contribution in [-0.4, -0.2) is 30.1 Å². The summed E-state index contributed by atoms with van der Waals surface area (Å²) in [4.78, 5) is 2.20. The molecule has 2 nitrogen and oxygen atoms in total. The van der Waals surface area contributed by atoms with Crippen molar-refractivity contribution < 1.29 is 5.11 Å². The molecule has 88 valence electrons. The average molecular weight is 240 g/mol. The summed E-state index contributed by atoms with van der Waals surface area (Å²) in [5.74, 6) is 0.858. The molecule has 0 bridgehead atoms. The third-order valence-electron chi connectivity index (χ3n) is 2.98. The van der Waals surface area contributed by atoms with E-state index < -0.39 is 6.10 Å². The summed E-state index contributed by atoms with van der Waals surface area (Å²) in [6.45, 7) is 1.77. The molecule has 1 unspecified atom stereocenters. The van der Waals surface area contributed by atoms with Crippen molar-refractivity contribution in [2.75, 3.05) is 20.1 Å². The van der Waals surface area contributed by atoms with Crippen LogP contribution in [0.5, 0.6) is 0 Å². The minimum Gasteiger partial charge on any atom is -0.387 e. The fourth-order valence-electron chi connectivity index (χ4n) is 1.93. The van der Waals surface area contributed by atoms with Crippen LogP contribution >= 0.6 is 11.6 Å². The van der Waals surface area contributed by atoms with E-state index in [9.17, 15) is 5.11 Å². The molecule has 2 rings (SSSR count). The number of aliphatic hydroxyl groups is 1. The molecule has 0 heterocycles. The second-order valence-corrected chi connectivity index (χ2v) is 5.17. The van der Waals surface area contributed by atoms with Gasteiger partial charge in [0.1, 0.15) is 0 Å². The second kappa shape index (κ2) is 5.17. The van der Waals surface area contributed by atoms with E-state index in [-0.39, 0.29) is 0 Å². The van der Waals surface area contributed by atoms with E-state index in [1.165, 1.54) is 12.8 Å². The lowest BCUT2D eigenvalue weighted by Gasteiger charge is -2.20. The highest BCUT2D eigenvalue weighted by Crippen LogP contribution is 2.29. The van der Waals surface area contributed by atoms with Gasteiger partial charge in [0.05, 0.1) is 6.10 Å². The Labute approximate surface area is 102 Å². The highest BCUT2D eigenvalue weighted by Gasteiger charge is 2.23. The standard InChI is InChI=1S/C13H18ClNO/c1-15(8-10-5-6-10)9-13(16)11-3-2-4-12(14)7-11/h2-4,7,10,13,16H,5-6,8-9H2,1H3. The molecule has 1 aromatic rings. The number of hydrogen-bond donors (Lipinski definition) is 1. The first-order valence-electron chi connectivity index (χ1n) is 5.77. The molecule has 1 saturated carbocycles. The van der Waals surface area contributed by atoms with Gasteiger partial charge in [-0.3, -0.25) is 0 Å². The third-order valence-corrected chi connectivity index (χ3v) is 3.22. The van der Waals surface area contributed by atoms with Crippen molar-refractivity contribution in [1.82, 2.24) is 4.90 Å². The average Bonchev–Trinajstić information content (AvgIpc) is 3.01. The number of halogens is 1. The van der Waals surface area contributed by atoms with Crippen molar-refractivity contribution in [2.45, 2.75) is 18.9 Å². The molecule has 1 atom stereocenters. The first kappa shape index (κ1) is 11.9. The highest BCUT2D eigenvalue weighted by molar-refractivity contribution is 6.30. The number of benzene rings is 1. The first-order valence-corrected chi connectivity index (χ1v) is 6.15. The van der Waals surface area contributed by atoms with Crippen LogP contribution in [0.2, 0.25) is 5.02 Å². The Balaban J connectivity index is 1.88. The van der Waals surface area contributed by atoms with Gasteiger partial charge < -0.3 is 10.0 Å². The molecular formula is C13H18ClNO. The van der Waals surface area contributed by atoms with Crippen molar-refractivity contribution in [2.24, 2.45) is 5.92 Å². The Morgan fingerprint density at radius 2 is 2.25 bits per heavy atom. The molecule has 3 heteroatoms. The van der Waals surface area contributed by atoms with Gasteiger partial charge in [0.15, 0.2) is 0 Å². The van der Waals surface area contributed by atoms with Crippen molar-refractivity contribution in [3.05, 3.63) is 34.9 Å². The first-order chi connectivity index (χ1) is 7.65. The fourth-order valence-corrected chi connectivity index (χ4v) is 2.13. The van der Waals surface area contributed by atoms with Gasteiger partial charge in [-0.25, -0.2) is 0 Å². The second-order valence-electron chi connectivity index (χ2n) is 4.74. The van der Waals surface area contributed by atoms with Crippen LogP contribution in [0, 0.1) is 5.92 Å². The molecule has 0 aliphatic heterocycles. The summed E-state index contributed by atoms with van der Waals surface area (Å²) >= 11 is 5.90. The van der Waals surface area contributed by atoms with E-state index in [0.717, 1.165) is 18.0 Å². The van der Waals surface area contributed by atoms with Gasteiger partial charge >= 0.3 is 0 Å². The van der Waals surface area contributed by atoms with E-state index in [1.54, 1.807) is 0 Å². The maximum absolute atomic E-state index is 10.0. The van der Waals surface area contributed by atoms with Crippen molar-refractivity contribution in [1.29, 1.82) is 0 Å². The molecule has 16 heavy (non-hydrogen) atoms. The molecule has 1 N–H and O–H groups in total. The molecule has 0 amide bonds. The van der Waals surface area contributed by atoms with E-state index in [1.807, 2.05) is 24.3 Å². The summed E-state index contributed by atoms with van der Waals surface area (Å²) in [5, 5.41) is 10.7. The molecular weight excluding hydrogens is 222 g/mol. The molecule has 1 aliphatic rings. The normalized spacial score (nSPS) is 17.8. The third kappa shape index (κ3) is 3.48. The van der Waals surface area contributed by atoms with Crippen molar-refractivity contribution in [3.63, 3.8) is 0 Å². The summed E-state index contributed by atoms with van der Waals surface area (Å²) in [6.07, 6.45) is 2.25. The van der Waals surface area contributed by atoms with Gasteiger partial charge in [0, 0.05) is 18.1 Å². The van der Waals surface area contributed by atoms with E-state index >= 15 is 0 Å². The van der Waals surface area contributed by atoms with Gasteiger partial charge in [-0.15, -0.1) is 0 Å². The zero-order valence-corrected chi connectivity index (χ0v) is 10.3. The summed E-state index contributed by atoms with van der Waals surface area (Å²) in [6, 6.07) is 7.45. The van der Waals surface area contributed by atoms with Crippen LogP contribution in [0.4, 0.5) is 0 Å². The Morgan fingerprint density at radius 3 is 2.88 bits per heavy atom. The van der Waals surface area contributed by atoms with Crippen LogP contribution in [0.1, 0.15) is 24.5 Å². The molecule has 0 aromatic heterocycles. The van der Waals surface area contributed by atoms with Crippen LogP contribution in [0.15, 0.2) is 24.3 Å². The maximum Gasteiger partial charge on any atom is 0.0917 e. The molecule has 1 fully saturated rings. The Kier molecular flexibility index (Phi) is 3.85. The Morgan fingerprint density at radius 1 is 1.50 bits per heavy atom. The lowest BCUT2D eigenvalue weighted by molar-refractivity contribution is 0.124. The van der Waals surface area contributed by atoms with Crippen molar-refractivity contribution >= 4 is 11.6 Å². The summed E-state index contributed by atoms with van der Waals surface area (Å²) in [7, 11) is 2.06. The van der Waals surface area contributed by atoms with Crippen LogP contribution in [0.3, 0.4) is 0 Å². The molecule has 0 saturated heterocycles. The molecule has 0 spiro atoms. The van der Waals surface area contributed by atoms with Gasteiger partial charge in [-0.1, -0.05) is 23.7 Å². The molecule has 0 radical (unpaired) electrons. The van der Waals surface area contributed by atoms with Gasteiger partial charge in [-0.05, 0) is 43.5 Å². The Hall–Kier alpha value is -0.570. The van der Waals surface area contributed by atoms with E-state index in [2.05, 4.69) is 11.9 Å². The lowest BCUT2D eigenvalue weighted by atomic mass is 10.1. The van der Waals surface area contributed by atoms with Gasteiger partial charge in [0.2, 0.25) is 0 Å². The number of rotatable bonds is 5. The molecule has 1 aromatic carbocycles. The van der Waals surface area contributed by atoms with E-state index in [0.29, 0.717) is 11.6 Å². The number of nitrogens with zero attached hydrogens (tertiary/aromatic N) is 1. The topological polar surface area (TPSA) is 23.5 Å². The molecule has 1 aliphatic carbocycles. The number of aliphatic hydroxyl groups excluding tert-OH is 1. The SMILES string of the molecule is CN(CC1CC1)CC(O)c1cccc(Cl)c1. The maximum atomic E-state index is 10.0. The predicted octanol–water partition coefficient (Wildman–Crippen LogP) is 2.72. The van der Waals surface area contributed by atoms with E-state index in [4.69, 9.17) is 11.6 Å².